The maximum atomic E-state index is 14.0. The van der Waals surface area contributed by atoms with Crippen molar-refractivity contribution < 1.29 is 27.5 Å². The molecule has 1 heterocycles. The van der Waals surface area contributed by atoms with Crippen LogP contribution in [-0.2, 0) is 12.6 Å². The Balaban J connectivity index is 1.68. The summed E-state index contributed by atoms with van der Waals surface area (Å²) in [5.74, 6) is 0.0856. The van der Waals surface area contributed by atoms with E-state index in [-0.39, 0.29) is 34.4 Å². The van der Waals surface area contributed by atoms with Gasteiger partial charge in [0.15, 0.2) is 5.78 Å². The van der Waals surface area contributed by atoms with Crippen molar-refractivity contribution in [1.82, 2.24) is 4.98 Å². The molecule has 1 aliphatic rings. The number of nitrogens with zero attached hydrogens (tertiary/aromatic N) is 1. The molecule has 1 aromatic heterocycles. The topological polar surface area (TPSA) is 62.2 Å². The zero-order chi connectivity index (χ0) is 22.3. The van der Waals surface area contributed by atoms with Crippen molar-refractivity contribution in [1.29, 1.82) is 0 Å². The monoisotopic (exact) mass is 432 g/mol. The summed E-state index contributed by atoms with van der Waals surface area (Å²) in [7, 11) is 0. The van der Waals surface area contributed by atoms with E-state index in [1.165, 1.54) is 25.1 Å². The maximum absolute atomic E-state index is 14.0. The quantitative estimate of drug-likeness (QED) is 0.519. The Morgan fingerprint density at radius 2 is 1.90 bits per heavy atom. The number of alkyl halides is 4. The zero-order valence-corrected chi connectivity index (χ0v) is 16.6. The maximum Gasteiger partial charge on any atom is 0.433 e. The van der Waals surface area contributed by atoms with Crippen molar-refractivity contribution in [2.45, 2.75) is 38.2 Å². The largest absolute Gasteiger partial charge is 0.433 e. The van der Waals surface area contributed by atoms with Crippen molar-refractivity contribution in [3.8, 4) is 0 Å². The molecule has 0 fully saturated rings. The number of carbonyl (C=O) groups excluding carboxylic acids is 1. The lowest BCUT2D eigenvalue weighted by atomic mass is 9.98. The number of aliphatic hydroxyl groups is 1. The fourth-order valence-electron chi connectivity index (χ4n) is 3.93. The first-order chi connectivity index (χ1) is 14.6. The van der Waals surface area contributed by atoms with Crippen LogP contribution < -0.4 is 5.32 Å². The van der Waals surface area contributed by atoms with E-state index >= 15 is 0 Å². The second-order valence-electron chi connectivity index (χ2n) is 7.65. The van der Waals surface area contributed by atoms with Gasteiger partial charge in [-0.2, -0.15) is 13.2 Å². The van der Waals surface area contributed by atoms with E-state index in [4.69, 9.17) is 0 Å². The zero-order valence-electron chi connectivity index (χ0n) is 16.6. The number of nitrogens with one attached hydrogen (secondary N) is 1. The average Bonchev–Trinajstić information content (AvgIpc) is 3.10. The molecular weight excluding hydrogens is 412 g/mol. The lowest BCUT2D eigenvalue weighted by Crippen LogP contribution is -2.16. The molecule has 2 N–H and O–H groups in total. The first kappa shape index (κ1) is 21.2. The molecule has 0 saturated heterocycles. The summed E-state index contributed by atoms with van der Waals surface area (Å²) in [5, 5.41) is 14.0. The van der Waals surface area contributed by atoms with Gasteiger partial charge in [0.2, 0.25) is 0 Å². The summed E-state index contributed by atoms with van der Waals surface area (Å²) in [6.45, 7) is 1.16. The Labute approximate surface area is 175 Å². The van der Waals surface area contributed by atoms with Crippen molar-refractivity contribution in [2.75, 3.05) is 11.9 Å². The number of hydrogen-bond acceptors (Lipinski definition) is 4. The smallest absolute Gasteiger partial charge is 0.387 e. The van der Waals surface area contributed by atoms with E-state index < -0.39 is 24.1 Å². The van der Waals surface area contributed by atoms with Crippen molar-refractivity contribution in [3.63, 3.8) is 0 Å². The van der Waals surface area contributed by atoms with Crippen LogP contribution in [0.1, 0.15) is 58.4 Å². The normalized spacial score (nSPS) is 15.7. The number of halogens is 4. The Kier molecular flexibility index (Phi) is 5.43. The number of fused-ring (bicyclic) bond motifs is 2. The number of aromatic nitrogens is 1. The van der Waals surface area contributed by atoms with Gasteiger partial charge in [0.25, 0.3) is 0 Å². The fourth-order valence-corrected chi connectivity index (χ4v) is 3.93. The van der Waals surface area contributed by atoms with Gasteiger partial charge in [-0.3, -0.25) is 4.79 Å². The highest BCUT2D eigenvalue weighted by atomic mass is 19.4. The molecule has 0 radical (unpaired) electrons. The molecule has 2 atom stereocenters. The minimum Gasteiger partial charge on any atom is -0.387 e. The Bertz CT molecular complexity index is 1160. The molecule has 0 amide bonds. The second kappa shape index (κ2) is 7.92. The van der Waals surface area contributed by atoms with Gasteiger partial charge in [0.1, 0.15) is 11.9 Å². The van der Waals surface area contributed by atoms with E-state index in [2.05, 4.69) is 10.3 Å². The highest BCUT2D eigenvalue weighted by Crippen LogP contribution is 2.36. The molecular formula is C23H20F4N2O2. The number of anilines is 1. The van der Waals surface area contributed by atoms with Crippen LogP contribution in [0.25, 0.3) is 10.9 Å². The third-order valence-corrected chi connectivity index (χ3v) is 5.51. The molecule has 4 nitrogen and oxygen atoms in total. The Morgan fingerprint density at radius 1 is 1.13 bits per heavy atom. The van der Waals surface area contributed by atoms with Crippen LogP contribution in [0.4, 0.5) is 23.2 Å². The van der Waals surface area contributed by atoms with E-state index in [0.29, 0.717) is 24.1 Å². The Hall–Kier alpha value is -3.00. The van der Waals surface area contributed by atoms with Crippen LogP contribution in [0.15, 0.2) is 42.5 Å². The van der Waals surface area contributed by atoms with Gasteiger partial charge in [0.05, 0.1) is 11.6 Å². The van der Waals surface area contributed by atoms with E-state index in [9.17, 15) is 27.5 Å². The molecule has 31 heavy (non-hydrogen) atoms. The standard InChI is InChI=1S/C23H20F4N2O2/c1-12(24)15-3-2-4-17-18(10-21(23(25,26)27)29-22(15)17)20(31)11-28-14-6-7-16-13(9-14)5-8-19(16)30/h2-4,6-7,9-10,12,20,28,31H,5,8,11H2,1H3/t12-,20?/m0/s1. The van der Waals surface area contributed by atoms with Crippen LogP contribution in [0, 0.1) is 0 Å². The third-order valence-electron chi connectivity index (χ3n) is 5.51. The number of hydrogen-bond donors (Lipinski definition) is 2. The Morgan fingerprint density at radius 3 is 2.61 bits per heavy atom. The van der Waals surface area contributed by atoms with Gasteiger partial charge in [-0.15, -0.1) is 0 Å². The first-order valence-corrected chi connectivity index (χ1v) is 9.88. The predicted molar refractivity (Wildman–Crippen MR) is 109 cm³/mol. The number of aryl methyl sites for hydroxylation is 1. The molecule has 1 unspecified atom stereocenters. The van der Waals surface area contributed by atoms with Crippen LogP contribution in [-0.4, -0.2) is 22.4 Å². The predicted octanol–water partition coefficient (Wildman–Crippen LogP) is 5.56. The summed E-state index contributed by atoms with van der Waals surface area (Å²) in [4.78, 5) is 15.4. The SMILES string of the molecule is C[C@H](F)c1cccc2c(C(O)CNc3ccc4c(c3)CCC4=O)cc(C(F)(F)F)nc12. The van der Waals surface area contributed by atoms with Gasteiger partial charge >= 0.3 is 6.18 Å². The van der Waals surface area contributed by atoms with Gasteiger partial charge in [-0.25, -0.2) is 9.37 Å². The minimum absolute atomic E-state index is 0.0173. The summed E-state index contributed by atoms with van der Waals surface area (Å²) in [6, 6.07) is 10.5. The number of pyridine rings is 1. The summed E-state index contributed by atoms with van der Waals surface area (Å²) in [5.41, 5.74) is 0.987. The second-order valence-corrected chi connectivity index (χ2v) is 7.65. The first-order valence-electron chi connectivity index (χ1n) is 9.88. The van der Waals surface area contributed by atoms with Gasteiger partial charge in [0, 0.05) is 35.2 Å². The highest BCUT2D eigenvalue weighted by Gasteiger charge is 2.34. The van der Waals surface area contributed by atoms with Crippen molar-refractivity contribution >= 4 is 22.4 Å². The fraction of sp³-hybridized carbons (Fsp3) is 0.304. The lowest BCUT2D eigenvalue weighted by molar-refractivity contribution is -0.141. The minimum atomic E-state index is -4.74. The van der Waals surface area contributed by atoms with Crippen LogP contribution in [0.3, 0.4) is 0 Å². The number of carbonyl (C=O) groups is 1. The number of aliphatic hydroxyl groups excluding tert-OH is 1. The molecule has 4 rings (SSSR count). The summed E-state index contributed by atoms with van der Waals surface area (Å²) >= 11 is 0. The molecule has 8 heteroatoms. The molecule has 3 aromatic rings. The lowest BCUT2D eigenvalue weighted by Gasteiger charge is -2.19. The summed E-state index contributed by atoms with van der Waals surface area (Å²) < 4.78 is 54.3. The van der Waals surface area contributed by atoms with Gasteiger partial charge < -0.3 is 10.4 Å². The molecule has 0 saturated carbocycles. The molecule has 0 spiro atoms. The average molecular weight is 432 g/mol. The van der Waals surface area contributed by atoms with Gasteiger partial charge in [-0.1, -0.05) is 18.2 Å². The van der Waals surface area contributed by atoms with Crippen LogP contribution >= 0.6 is 0 Å². The van der Waals surface area contributed by atoms with Crippen molar-refractivity contribution in [3.05, 3.63) is 70.4 Å². The molecule has 0 aliphatic heterocycles. The molecule has 2 aromatic carbocycles. The van der Waals surface area contributed by atoms with Crippen molar-refractivity contribution in [2.24, 2.45) is 0 Å². The highest BCUT2D eigenvalue weighted by molar-refractivity contribution is 6.00. The van der Waals surface area contributed by atoms with Crippen LogP contribution in [0.2, 0.25) is 0 Å². The molecule has 162 valence electrons. The number of para-hydroxylation sites is 1. The van der Waals surface area contributed by atoms with E-state index in [1.54, 1.807) is 12.1 Å². The van der Waals surface area contributed by atoms with Crippen LogP contribution in [0.5, 0.6) is 0 Å². The van der Waals surface area contributed by atoms with E-state index in [1.807, 2.05) is 6.07 Å². The number of ketones is 1. The molecule has 0 bridgehead atoms. The number of benzene rings is 2. The third kappa shape index (κ3) is 4.12. The number of rotatable bonds is 5. The van der Waals surface area contributed by atoms with Gasteiger partial charge in [-0.05, 0) is 48.7 Å². The number of Topliss-reactive ketones (excluding diaryl/α,β-unsaturated/α-hetero) is 1. The van der Waals surface area contributed by atoms with E-state index in [0.717, 1.165) is 11.6 Å². The summed E-state index contributed by atoms with van der Waals surface area (Å²) in [6.07, 6.45) is -6.46. The molecule has 1 aliphatic carbocycles.